The van der Waals surface area contributed by atoms with Crippen LogP contribution in [0.15, 0.2) is 0 Å². The molecule has 96 valence electrons. The number of aliphatic hydroxyl groups is 1. The zero-order chi connectivity index (χ0) is 12.8. The predicted octanol–water partition coefficient (Wildman–Crippen LogP) is 0.898. The summed E-state index contributed by atoms with van der Waals surface area (Å²) < 4.78 is 0. The smallest absolute Gasteiger partial charge is 0.240 e. The van der Waals surface area contributed by atoms with E-state index >= 15 is 0 Å². The molecule has 0 heterocycles. The molecule has 0 aliphatic carbocycles. The van der Waals surface area contributed by atoms with Gasteiger partial charge in [-0.25, -0.2) is 0 Å². The number of carbonyl (C=O) groups excluding carboxylic acids is 1. The number of rotatable bonds is 7. The van der Waals surface area contributed by atoms with Gasteiger partial charge in [0.25, 0.3) is 0 Å². The minimum Gasteiger partial charge on any atom is -0.394 e. The number of nitrogens with one attached hydrogen (secondary N) is 2. The Hall–Kier alpha value is -0.610. The maximum Gasteiger partial charge on any atom is 0.240 e. The van der Waals surface area contributed by atoms with Gasteiger partial charge >= 0.3 is 0 Å². The molecular weight excluding hydrogens is 204 g/mol. The van der Waals surface area contributed by atoms with Crippen molar-refractivity contribution in [3.63, 3.8) is 0 Å². The molecule has 0 radical (unpaired) electrons. The van der Waals surface area contributed by atoms with Crippen molar-refractivity contribution in [1.29, 1.82) is 0 Å². The summed E-state index contributed by atoms with van der Waals surface area (Å²) in [5.41, 5.74) is -0.584. The predicted molar refractivity (Wildman–Crippen MR) is 66.2 cm³/mol. The molecule has 0 spiro atoms. The Kier molecular flexibility index (Phi) is 6.60. The summed E-state index contributed by atoms with van der Waals surface area (Å²) in [5, 5.41) is 15.2. The van der Waals surface area contributed by atoms with Gasteiger partial charge in [-0.3, -0.25) is 4.79 Å². The van der Waals surface area contributed by atoms with Crippen molar-refractivity contribution in [1.82, 2.24) is 10.6 Å². The molecule has 0 aromatic rings. The third-order valence-electron chi connectivity index (χ3n) is 2.50. The Morgan fingerprint density at radius 1 is 1.38 bits per heavy atom. The molecule has 0 aromatic heterocycles. The molecule has 4 nitrogen and oxygen atoms in total. The summed E-state index contributed by atoms with van der Waals surface area (Å²) in [7, 11) is 0. The highest BCUT2D eigenvalue weighted by Crippen LogP contribution is 2.07. The highest BCUT2D eigenvalue weighted by molar-refractivity contribution is 5.85. The van der Waals surface area contributed by atoms with E-state index in [0.717, 1.165) is 13.0 Å². The van der Waals surface area contributed by atoms with Gasteiger partial charge in [-0.2, -0.15) is 0 Å². The Bertz CT molecular complexity index is 215. The van der Waals surface area contributed by atoms with E-state index in [-0.39, 0.29) is 18.6 Å². The van der Waals surface area contributed by atoms with Gasteiger partial charge in [-0.15, -0.1) is 0 Å². The van der Waals surface area contributed by atoms with Gasteiger partial charge in [0.15, 0.2) is 0 Å². The maximum absolute atomic E-state index is 11.9. The molecule has 0 aliphatic rings. The zero-order valence-electron chi connectivity index (χ0n) is 11.1. The van der Waals surface area contributed by atoms with E-state index in [1.807, 2.05) is 20.8 Å². The Morgan fingerprint density at radius 2 is 1.94 bits per heavy atom. The molecule has 0 rings (SSSR count). The van der Waals surface area contributed by atoms with Gasteiger partial charge in [-0.05, 0) is 32.7 Å². The molecule has 1 amide bonds. The minimum atomic E-state index is -0.584. The van der Waals surface area contributed by atoms with Crippen LogP contribution < -0.4 is 10.6 Å². The molecule has 16 heavy (non-hydrogen) atoms. The Morgan fingerprint density at radius 3 is 2.31 bits per heavy atom. The van der Waals surface area contributed by atoms with Crippen molar-refractivity contribution in [2.45, 2.75) is 52.6 Å². The molecule has 0 saturated carbocycles. The summed E-state index contributed by atoms with van der Waals surface area (Å²) in [6.45, 7) is 10.5. The second-order valence-corrected chi connectivity index (χ2v) is 5.14. The topological polar surface area (TPSA) is 61.4 Å². The second kappa shape index (κ2) is 6.86. The molecule has 4 heteroatoms. The lowest BCUT2D eigenvalue weighted by atomic mass is 10.0. The maximum atomic E-state index is 11.9. The summed E-state index contributed by atoms with van der Waals surface area (Å²) in [5.74, 6) is 0.397. The lowest BCUT2D eigenvalue weighted by Gasteiger charge is -2.28. The third-order valence-corrected chi connectivity index (χ3v) is 2.50. The first kappa shape index (κ1) is 15.4. The fourth-order valence-electron chi connectivity index (χ4n) is 1.64. The van der Waals surface area contributed by atoms with Crippen LogP contribution in [0.3, 0.4) is 0 Å². The van der Waals surface area contributed by atoms with E-state index in [9.17, 15) is 9.90 Å². The number of hydrogen-bond donors (Lipinski definition) is 3. The Labute approximate surface area is 98.8 Å². The van der Waals surface area contributed by atoms with Gasteiger partial charge in [0.1, 0.15) is 0 Å². The van der Waals surface area contributed by atoms with E-state index in [4.69, 9.17) is 0 Å². The number of hydrogen-bond acceptors (Lipinski definition) is 3. The summed E-state index contributed by atoms with van der Waals surface area (Å²) in [6, 6.07) is -0.148. The van der Waals surface area contributed by atoms with Crippen molar-refractivity contribution in [3.8, 4) is 0 Å². The molecule has 3 N–H and O–H groups in total. The van der Waals surface area contributed by atoms with E-state index in [1.54, 1.807) is 0 Å². The summed E-state index contributed by atoms with van der Waals surface area (Å²) in [6.07, 6.45) is 0.796. The van der Waals surface area contributed by atoms with Crippen LogP contribution in [0, 0.1) is 5.92 Å². The van der Waals surface area contributed by atoms with Crippen molar-refractivity contribution in [2.24, 2.45) is 5.92 Å². The number of carbonyl (C=O) groups is 1. The second-order valence-electron chi connectivity index (χ2n) is 5.14. The lowest BCUT2D eigenvalue weighted by molar-refractivity contribution is -0.127. The van der Waals surface area contributed by atoms with Gasteiger partial charge in [0.2, 0.25) is 5.91 Å². The molecule has 0 aromatic carbocycles. The van der Waals surface area contributed by atoms with Gasteiger partial charge in [0.05, 0.1) is 18.2 Å². The standard InChI is InChI=1S/C12H26N2O2/c1-6-13-12(4,5)11(16)14-10(8-15)7-9(2)3/h9-10,13,15H,6-8H2,1-5H3,(H,14,16). The average molecular weight is 230 g/mol. The van der Waals surface area contributed by atoms with E-state index < -0.39 is 5.54 Å². The first-order valence-electron chi connectivity index (χ1n) is 6.00. The highest BCUT2D eigenvalue weighted by Gasteiger charge is 2.27. The summed E-state index contributed by atoms with van der Waals surface area (Å²) in [4.78, 5) is 11.9. The van der Waals surface area contributed by atoms with Crippen LogP contribution >= 0.6 is 0 Å². The largest absolute Gasteiger partial charge is 0.394 e. The van der Waals surface area contributed by atoms with E-state index in [1.165, 1.54) is 0 Å². The summed E-state index contributed by atoms with van der Waals surface area (Å²) >= 11 is 0. The normalized spacial score (nSPS) is 13.9. The van der Waals surface area contributed by atoms with E-state index in [0.29, 0.717) is 5.92 Å². The van der Waals surface area contributed by atoms with Crippen molar-refractivity contribution >= 4 is 5.91 Å². The fraction of sp³-hybridized carbons (Fsp3) is 0.917. The van der Waals surface area contributed by atoms with Gasteiger partial charge < -0.3 is 15.7 Å². The SMILES string of the molecule is CCNC(C)(C)C(=O)NC(CO)CC(C)C. The van der Waals surface area contributed by atoms with Gasteiger partial charge in [0, 0.05) is 0 Å². The average Bonchev–Trinajstić information content (AvgIpc) is 2.15. The van der Waals surface area contributed by atoms with Crippen molar-refractivity contribution < 1.29 is 9.90 Å². The molecule has 0 bridgehead atoms. The number of amides is 1. The zero-order valence-corrected chi connectivity index (χ0v) is 11.1. The van der Waals surface area contributed by atoms with Crippen LogP contribution in [0.4, 0.5) is 0 Å². The fourth-order valence-corrected chi connectivity index (χ4v) is 1.64. The number of likely N-dealkylation sites (N-methyl/N-ethyl adjacent to an activating group) is 1. The van der Waals surface area contributed by atoms with Crippen LogP contribution in [-0.2, 0) is 4.79 Å². The first-order valence-corrected chi connectivity index (χ1v) is 6.00. The Balaban J connectivity index is 4.29. The minimum absolute atomic E-state index is 0.00781. The van der Waals surface area contributed by atoms with Crippen molar-refractivity contribution in [2.75, 3.05) is 13.2 Å². The van der Waals surface area contributed by atoms with E-state index in [2.05, 4.69) is 24.5 Å². The highest BCUT2D eigenvalue weighted by atomic mass is 16.3. The van der Waals surface area contributed by atoms with Crippen LogP contribution in [0.1, 0.15) is 41.0 Å². The molecule has 0 fully saturated rings. The molecule has 0 saturated heterocycles. The first-order chi connectivity index (χ1) is 7.33. The van der Waals surface area contributed by atoms with Crippen molar-refractivity contribution in [3.05, 3.63) is 0 Å². The third kappa shape index (κ3) is 5.47. The van der Waals surface area contributed by atoms with Crippen LogP contribution in [0.5, 0.6) is 0 Å². The molecular formula is C12H26N2O2. The number of aliphatic hydroxyl groups excluding tert-OH is 1. The van der Waals surface area contributed by atoms with Crippen LogP contribution in [-0.4, -0.2) is 35.7 Å². The molecule has 1 unspecified atom stereocenters. The van der Waals surface area contributed by atoms with Crippen LogP contribution in [0.25, 0.3) is 0 Å². The molecule has 0 aliphatic heterocycles. The van der Waals surface area contributed by atoms with Gasteiger partial charge in [-0.1, -0.05) is 20.8 Å². The quantitative estimate of drug-likeness (QED) is 0.609. The van der Waals surface area contributed by atoms with Crippen LogP contribution in [0.2, 0.25) is 0 Å². The lowest BCUT2D eigenvalue weighted by Crippen LogP contribution is -2.55. The monoisotopic (exact) mass is 230 g/mol. The molecule has 1 atom stereocenters.